The predicted octanol–water partition coefficient (Wildman–Crippen LogP) is 2.96. The van der Waals surface area contributed by atoms with Crippen LogP contribution in [0.5, 0.6) is 5.75 Å². The van der Waals surface area contributed by atoms with E-state index in [9.17, 15) is 16.8 Å². The number of hydrogen-bond acceptors (Lipinski definition) is 6. The van der Waals surface area contributed by atoms with Crippen LogP contribution in [0.3, 0.4) is 0 Å². The Balaban J connectivity index is 1.67. The quantitative estimate of drug-likeness (QED) is 0.636. The van der Waals surface area contributed by atoms with E-state index in [0.717, 1.165) is 5.56 Å². The molecule has 0 spiro atoms. The monoisotopic (exact) mass is 415 g/mol. The van der Waals surface area contributed by atoms with E-state index in [4.69, 9.17) is 4.74 Å². The van der Waals surface area contributed by atoms with Gasteiger partial charge in [0.1, 0.15) is 17.6 Å². The van der Waals surface area contributed by atoms with E-state index in [0.29, 0.717) is 5.75 Å². The van der Waals surface area contributed by atoms with Crippen LogP contribution in [0.25, 0.3) is 0 Å². The Morgan fingerprint density at radius 3 is 2.54 bits per heavy atom. The van der Waals surface area contributed by atoms with Crippen molar-refractivity contribution < 1.29 is 21.6 Å². The second kappa shape index (κ2) is 7.03. The lowest BCUT2D eigenvalue weighted by molar-refractivity contribution is 0.305. The molecule has 0 saturated carbocycles. The van der Waals surface area contributed by atoms with Crippen LogP contribution in [-0.2, 0) is 26.3 Å². The molecule has 0 fully saturated rings. The molecule has 3 aromatic rings. The highest BCUT2D eigenvalue weighted by Crippen LogP contribution is 2.42. The summed E-state index contributed by atoms with van der Waals surface area (Å²) in [6.45, 7) is 0.235. The van der Waals surface area contributed by atoms with Crippen LogP contribution in [0.1, 0.15) is 16.4 Å². The first-order chi connectivity index (χ1) is 13.4. The molecular weight excluding hydrogens is 398 g/mol. The average Bonchev–Trinajstić information content (AvgIpc) is 2.99. The fourth-order valence-corrected chi connectivity index (χ4v) is 7.56. The van der Waals surface area contributed by atoms with Gasteiger partial charge in [0.15, 0.2) is 19.7 Å². The van der Waals surface area contributed by atoms with Crippen molar-refractivity contribution in [1.82, 2.24) is 4.98 Å². The van der Waals surface area contributed by atoms with Crippen molar-refractivity contribution in [2.45, 2.75) is 21.6 Å². The average molecular weight is 415 g/mol. The number of benzene rings is 2. The van der Waals surface area contributed by atoms with Crippen molar-refractivity contribution in [3.8, 4) is 5.75 Å². The van der Waals surface area contributed by atoms with Gasteiger partial charge < -0.3 is 4.74 Å². The third-order valence-electron chi connectivity index (χ3n) is 4.61. The largest absolute Gasteiger partial charge is 0.489 e. The Morgan fingerprint density at radius 1 is 1.04 bits per heavy atom. The fourth-order valence-electron chi connectivity index (χ4n) is 3.20. The molecule has 6 nitrogen and oxygen atoms in total. The van der Waals surface area contributed by atoms with Gasteiger partial charge in [-0.15, -0.1) is 0 Å². The highest BCUT2D eigenvalue weighted by Gasteiger charge is 2.43. The first kappa shape index (κ1) is 18.6. The van der Waals surface area contributed by atoms with Gasteiger partial charge in [0.05, 0.1) is 15.5 Å². The normalized spacial score (nSPS) is 17.8. The molecule has 1 aliphatic rings. The molecule has 0 bridgehead atoms. The van der Waals surface area contributed by atoms with Gasteiger partial charge >= 0.3 is 0 Å². The smallest absolute Gasteiger partial charge is 0.186 e. The molecular formula is C20H17NO5S2. The lowest BCUT2D eigenvalue weighted by atomic mass is 10.1. The van der Waals surface area contributed by atoms with E-state index in [1.165, 1.54) is 24.3 Å². The minimum atomic E-state index is -3.82. The molecule has 2 heterocycles. The Bertz CT molecular complexity index is 1210. The van der Waals surface area contributed by atoms with Crippen LogP contribution in [0, 0.1) is 0 Å². The molecule has 0 aliphatic carbocycles. The van der Waals surface area contributed by atoms with Crippen LogP contribution in [0.2, 0.25) is 0 Å². The first-order valence-corrected chi connectivity index (χ1v) is 11.8. The summed E-state index contributed by atoms with van der Waals surface area (Å²) >= 11 is 0. The van der Waals surface area contributed by atoms with Gasteiger partial charge in [0.25, 0.3) is 0 Å². The molecule has 1 aromatic heterocycles. The standard InChI is InChI=1S/C20H17NO5S2/c22-27(23)14-20(28(24,25)17-6-2-1-3-7-17)18-9-8-16(11-19(18)27)26-13-15-5-4-10-21-12-15/h1-12,20H,13-14H2. The number of aromatic nitrogens is 1. The third kappa shape index (κ3) is 3.41. The predicted molar refractivity (Wildman–Crippen MR) is 103 cm³/mol. The summed E-state index contributed by atoms with van der Waals surface area (Å²) in [4.78, 5) is 4.13. The van der Waals surface area contributed by atoms with Gasteiger partial charge in [-0.3, -0.25) is 4.98 Å². The van der Waals surface area contributed by atoms with Crippen LogP contribution < -0.4 is 4.74 Å². The highest BCUT2D eigenvalue weighted by molar-refractivity contribution is 7.96. The molecule has 8 heteroatoms. The second-order valence-electron chi connectivity index (χ2n) is 6.48. The SMILES string of the molecule is O=S1(=O)CC(S(=O)(=O)c2ccccc2)c2ccc(OCc3cccnc3)cc21. The van der Waals surface area contributed by atoms with Crippen molar-refractivity contribution in [1.29, 1.82) is 0 Å². The number of nitrogens with zero attached hydrogens (tertiary/aromatic N) is 1. The minimum Gasteiger partial charge on any atom is -0.489 e. The van der Waals surface area contributed by atoms with E-state index >= 15 is 0 Å². The maximum Gasteiger partial charge on any atom is 0.186 e. The summed E-state index contributed by atoms with van der Waals surface area (Å²) in [6, 6.07) is 16.1. The van der Waals surface area contributed by atoms with Gasteiger partial charge in [0, 0.05) is 18.0 Å². The number of rotatable bonds is 5. The molecule has 1 aliphatic heterocycles. The summed E-state index contributed by atoms with van der Waals surface area (Å²) in [7, 11) is -7.54. The first-order valence-electron chi connectivity index (χ1n) is 8.55. The third-order valence-corrected chi connectivity index (χ3v) is 8.72. The number of hydrogen-bond donors (Lipinski definition) is 0. The van der Waals surface area contributed by atoms with E-state index < -0.39 is 30.7 Å². The zero-order valence-corrected chi connectivity index (χ0v) is 16.4. The van der Waals surface area contributed by atoms with Gasteiger partial charge in [-0.05, 0) is 35.9 Å². The van der Waals surface area contributed by atoms with Crippen LogP contribution in [0.4, 0.5) is 0 Å². The van der Waals surface area contributed by atoms with Crippen molar-refractivity contribution >= 4 is 19.7 Å². The Kier molecular flexibility index (Phi) is 4.68. The molecule has 2 aromatic carbocycles. The maximum atomic E-state index is 13.0. The van der Waals surface area contributed by atoms with E-state index in [1.807, 2.05) is 6.07 Å². The molecule has 1 unspecified atom stereocenters. The summed E-state index contributed by atoms with van der Waals surface area (Å²) in [6.07, 6.45) is 3.31. The molecule has 0 saturated heterocycles. The van der Waals surface area contributed by atoms with Gasteiger partial charge in [-0.2, -0.15) is 0 Å². The van der Waals surface area contributed by atoms with Gasteiger partial charge in [-0.25, -0.2) is 16.8 Å². The van der Waals surface area contributed by atoms with E-state index in [-0.39, 0.29) is 22.0 Å². The number of pyridine rings is 1. The maximum absolute atomic E-state index is 13.0. The van der Waals surface area contributed by atoms with Gasteiger partial charge in [-0.1, -0.05) is 30.3 Å². The number of ether oxygens (including phenoxy) is 1. The zero-order valence-electron chi connectivity index (χ0n) is 14.7. The van der Waals surface area contributed by atoms with E-state index in [2.05, 4.69) is 4.98 Å². The molecule has 1 atom stereocenters. The fraction of sp³-hybridized carbons (Fsp3) is 0.150. The summed E-state index contributed by atoms with van der Waals surface area (Å²) in [5, 5.41) is -1.12. The summed E-state index contributed by atoms with van der Waals surface area (Å²) in [5.41, 5.74) is 1.13. The van der Waals surface area contributed by atoms with Crippen molar-refractivity contribution in [2.75, 3.05) is 5.75 Å². The molecule has 4 rings (SSSR count). The highest BCUT2D eigenvalue weighted by atomic mass is 32.2. The Morgan fingerprint density at radius 2 is 1.82 bits per heavy atom. The molecule has 144 valence electrons. The molecule has 0 N–H and O–H groups in total. The Labute approximate surface area is 163 Å². The van der Waals surface area contributed by atoms with Gasteiger partial charge in [0.2, 0.25) is 0 Å². The molecule has 28 heavy (non-hydrogen) atoms. The minimum absolute atomic E-state index is 0.0145. The summed E-state index contributed by atoms with van der Waals surface area (Å²) in [5.74, 6) is -0.102. The zero-order chi connectivity index (χ0) is 19.8. The second-order valence-corrected chi connectivity index (χ2v) is 10.6. The molecule has 0 radical (unpaired) electrons. The van der Waals surface area contributed by atoms with Crippen molar-refractivity contribution in [3.63, 3.8) is 0 Å². The lowest BCUT2D eigenvalue weighted by Gasteiger charge is -2.12. The Hall–Kier alpha value is -2.71. The lowest BCUT2D eigenvalue weighted by Crippen LogP contribution is -2.15. The number of fused-ring (bicyclic) bond motifs is 1. The number of sulfone groups is 2. The topological polar surface area (TPSA) is 90.4 Å². The van der Waals surface area contributed by atoms with E-state index in [1.54, 1.807) is 42.7 Å². The van der Waals surface area contributed by atoms with Crippen LogP contribution in [0.15, 0.2) is 82.8 Å². The summed E-state index contributed by atoms with van der Waals surface area (Å²) < 4.78 is 56.9. The van der Waals surface area contributed by atoms with Crippen molar-refractivity contribution in [3.05, 3.63) is 84.2 Å². The van der Waals surface area contributed by atoms with Crippen LogP contribution in [-0.4, -0.2) is 27.6 Å². The van der Waals surface area contributed by atoms with Crippen molar-refractivity contribution in [2.24, 2.45) is 0 Å². The van der Waals surface area contributed by atoms with Crippen LogP contribution >= 0.6 is 0 Å². The molecule has 0 amide bonds.